The van der Waals surface area contributed by atoms with Crippen LogP contribution in [0.1, 0.15) is 31.4 Å². The molecule has 3 nitrogen and oxygen atoms in total. The van der Waals surface area contributed by atoms with Crippen molar-refractivity contribution in [2.24, 2.45) is 0 Å². The lowest BCUT2D eigenvalue weighted by Gasteiger charge is -2.11. The van der Waals surface area contributed by atoms with Crippen LogP contribution in [0.4, 0.5) is 5.69 Å². The van der Waals surface area contributed by atoms with E-state index in [9.17, 15) is 0 Å². The van der Waals surface area contributed by atoms with Gasteiger partial charge in [0.1, 0.15) is 5.75 Å². The molecule has 128 valence electrons. The molecule has 0 heterocycles. The van der Waals surface area contributed by atoms with E-state index in [0.717, 1.165) is 37.2 Å². The Morgan fingerprint density at radius 1 is 0.958 bits per heavy atom. The normalized spacial score (nSPS) is 10.2. The molecule has 4 heteroatoms. The molecule has 2 rings (SSSR count). The second kappa shape index (κ2) is 9.93. The van der Waals surface area contributed by atoms with Crippen LogP contribution >= 0.6 is 12.2 Å². The van der Waals surface area contributed by atoms with E-state index in [0.29, 0.717) is 11.7 Å². The van der Waals surface area contributed by atoms with Gasteiger partial charge in [-0.2, -0.15) is 0 Å². The summed E-state index contributed by atoms with van der Waals surface area (Å²) in [4.78, 5) is 0. The summed E-state index contributed by atoms with van der Waals surface area (Å²) in [5.74, 6) is 0.929. The van der Waals surface area contributed by atoms with Crippen LogP contribution in [0.3, 0.4) is 0 Å². The summed E-state index contributed by atoms with van der Waals surface area (Å²) < 4.78 is 5.45. The zero-order chi connectivity index (χ0) is 17.2. The number of hydrogen-bond donors (Lipinski definition) is 2. The highest BCUT2D eigenvalue weighted by Crippen LogP contribution is 2.13. The van der Waals surface area contributed by atoms with Crippen LogP contribution in [-0.4, -0.2) is 18.3 Å². The predicted molar refractivity (Wildman–Crippen MR) is 106 cm³/mol. The van der Waals surface area contributed by atoms with Gasteiger partial charge in [-0.25, -0.2) is 0 Å². The van der Waals surface area contributed by atoms with E-state index in [-0.39, 0.29) is 0 Å². The molecule has 0 aliphatic carbocycles. The van der Waals surface area contributed by atoms with Crippen molar-refractivity contribution in [3.63, 3.8) is 0 Å². The lowest BCUT2D eigenvalue weighted by Crippen LogP contribution is -2.29. The molecule has 0 saturated heterocycles. The largest absolute Gasteiger partial charge is 0.494 e. The molecule has 0 fully saturated rings. The fourth-order valence-electron chi connectivity index (χ4n) is 2.41. The van der Waals surface area contributed by atoms with Gasteiger partial charge in [-0.3, -0.25) is 0 Å². The van der Waals surface area contributed by atoms with Crippen molar-refractivity contribution in [2.75, 3.05) is 18.5 Å². The Hall–Kier alpha value is -2.07. The van der Waals surface area contributed by atoms with Crippen LogP contribution in [-0.2, 0) is 12.8 Å². The first-order valence-corrected chi connectivity index (χ1v) is 8.97. The predicted octanol–water partition coefficient (Wildman–Crippen LogP) is 4.57. The van der Waals surface area contributed by atoms with E-state index in [1.807, 2.05) is 19.1 Å². The minimum atomic E-state index is 0.672. The lowest BCUT2D eigenvalue weighted by molar-refractivity contribution is 0.340. The molecule has 0 aliphatic rings. The number of rotatable bonds is 8. The zero-order valence-electron chi connectivity index (χ0n) is 14.5. The maximum Gasteiger partial charge on any atom is 0.170 e. The Morgan fingerprint density at radius 3 is 2.25 bits per heavy atom. The molecule has 0 radical (unpaired) electrons. The topological polar surface area (TPSA) is 33.3 Å². The average Bonchev–Trinajstić information content (AvgIpc) is 2.61. The van der Waals surface area contributed by atoms with Crippen LogP contribution in [0.2, 0.25) is 0 Å². The molecule has 0 aliphatic heterocycles. The first kappa shape index (κ1) is 18.3. The third-order valence-electron chi connectivity index (χ3n) is 3.78. The van der Waals surface area contributed by atoms with Crippen LogP contribution < -0.4 is 15.4 Å². The van der Waals surface area contributed by atoms with E-state index in [4.69, 9.17) is 17.0 Å². The van der Waals surface area contributed by atoms with Crippen molar-refractivity contribution in [1.29, 1.82) is 0 Å². The molecule has 0 atom stereocenters. The Kier molecular flexibility index (Phi) is 7.56. The first-order valence-electron chi connectivity index (χ1n) is 8.56. The quantitative estimate of drug-likeness (QED) is 0.544. The van der Waals surface area contributed by atoms with Crippen LogP contribution in [0.15, 0.2) is 48.5 Å². The number of anilines is 1. The van der Waals surface area contributed by atoms with Gasteiger partial charge in [-0.1, -0.05) is 31.2 Å². The van der Waals surface area contributed by atoms with Gasteiger partial charge in [0.2, 0.25) is 0 Å². The third-order valence-corrected chi connectivity index (χ3v) is 4.03. The highest BCUT2D eigenvalue weighted by molar-refractivity contribution is 7.80. The number of aryl methyl sites for hydroxylation is 2. The minimum Gasteiger partial charge on any atom is -0.494 e. The number of thiocarbonyl (C=S) groups is 1. The van der Waals surface area contributed by atoms with Crippen molar-refractivity contribution in [2.45, 2.75) is 33.1 Å². The Morgan fingerprint density at radius 2 is 1.62 bits per heavy atom. The smallest absolute Gasteiger partial charge is 0.170 e. The third kappa shape index (κ3) is 6.20. The van der Waals surface area contributed by atoms with Gasteiger partial charge in [0.15, 0.2) is 5.11 Å². The fourth-order valence-corrected chi connectivity index (χ4v) is 2.63. The molecule has 0 saturated carbocycles. The monoisotopic (exact) mass is 342 g/mol. The highest BCUT2D eigenvalue weighted by Gasteiger charge is 1.99. The van der Waals surface area contributed by atoms with Crippen molar-refractivity contribution >= 4 is 23.0 Å². The van der Waals surface area contributed by atoms with Gasteiger partial charge in [0.25, 0.3) is 0 Å². The summed E-state index contributed by atoms with van der Waals surface area (Å²) in [5.41, 5.74) is 3.67. The summed E-state index contributed by atoms with van der Waals surface area (Å²) in [7, 11) is 0. The van der Waals surface area contributed by atoms with E-state index in [1.165, 1.54) is 11.1 Å². The van der Waals surface area contributed by atoms with Crippen LogP contribution in [0, 0.1) is 0 Å². The average molecular weight is 343 g/mol. The number of ether oxygens (including phenoxy) is 1. The summed E-state index contributed by atoms with van der Waals surface area (Å²) in [5, 5.41) is 7.15. The summed E-state index contributed by atoms with van der Waals surface area (Å²) in [6.45, 7) is 5.70. The molecular weight excluding hydrogens is 316 g/mol. The summed E-state index contributed by atoms with van der Waals surface area (Å²) in [6.07, 6.45) is 3.10. The van der Waals surface area contributed by atoms with E-state index in [2.05, 4.69) is 54.0 Å². The molecule has 0 unspecified atom stereocenters. The number of benzene rings is 2. The fraction of sp³-hybridized carbons (Fsp3) is 0.350. The summed E-state index contributed by atoms with van der Waals surface area (Å²) in [6, 6.07) is 16.7. The Labute approximate surface area is 150 Å². The summed E-state index contributed by atoms with van der Waals surface area (Å²) >= 11 is 5.33. The standard InChI is InChI=1S/C20H26N2OS/c1-3-16-7-11-18(12-8-16)22-20(24)21-15-5-6-17-9-13-19(14-10-17)23-4-2/h7-14H,3-6,15H2,1-2H3,(H2,21,22,24). The van der Waals surface area contributed by atoms with Gasteiger partial charge >= 0.3 is 0 Å². The van der Waals surface area contributed by atoms with Crippen LogP contribution in [0.5, 0.6) is 5.75 Å². The van der Waals surface area contributed by atoms with E-state index >= 15 is 0 Å². The molecule has 0 aromatic heterocycles. The molecule has 2 aromatic carbocycles. The van der Waals surface area contributed by atoms with E-state index < -0.39 is 0 Å². The van der Waals surface area contributed by atoms with Crippen LogP contribution in [0.25, 0.3) is 0 Å². The molecular formula is C20H26N2OS. The molecule has 0 amide bonds. The van der Waals surface area contributed by atoms with Crippen molar-refractivity contribution in [3.05, 3.63) is 59.7 Å². The van der Waals surface area contributed by atoms with Gasteiger partial charge in [-0.15, -0.1) is 0 Å². The van der Waals surface area contributed by atoms with Gasteiger partial charge in [-0.05, 0) is 73.8 Å². The Bertz CT molecular complexity index is 623. The SMILES string of the molecule is CCOc1ccc(CCCNC(=S)Nc2ccc(CC)cc2)cc1. The number of nitrogens with one attached hydrogen (secondary N) is 2. The van der Waals surface area contributed by atoms with Crippen molar-refractivity contribution < 1.29 is 4.74 Å². The molecule has 24 heavy (non-hydrogen) atoms. The highest BCUT2D eigenvalue weighted by atomic mass is 32.1. The molecule has 0 bridgehead atoms. The van der Waals surface area contributed by atoms with Gasteiger partial charge in [0, 0.05) is 12.2 Å². The maximum atomic E-state index is 5.45. The zero-order valence-corrected chi connectivity index (χ0v) is 15.3. The van der Waals surface area contributed by atoms with Crippen molar-refractivity contribution in [3.8, 4) is 5.75 Å². The second-order valence-electron chi connectivity index (χ2n) is 5.61. The van der Waals surface area contributed by atoms with E-state index in [1.54, 1.807) is 0 Å². The minimum absolute atomic E-state index is 0.672. The second-order valence-corrected chi connectivity index (χ2v) is 6.02. The van der Waals surface area contributed by atoms with Crippen molar-refractivity contribution in [1.82, 2.24) is 5.32 Å². The number of hydrogen-bond acceptors (Lipinski definition) is 2. The lowest BCUT2D eigenvalue weighted by atomic mass is 10.1. The molecule has 2 N–H and O–H groups in total. The molecule has 2 aromatic rings. The van der Waals surface area contributed by atoms with Gasteiger partial charge < -0.3 is 15.4 Å². The van der Waals surface area contributed by atoms with Gasteiger partial charge in [0.05, 0.1) is 6.61 Å². The Balaban J connectivity index is 1.66. The maximum absolute atomic E-state index is 5.45. The first-order chi connectivity index (χ1) is 11.7. The molecule has 0 spiro atoms.